The largest absolute Gasteiger partial charge is 0.375 e. The van der Waals surface area contributed by atoms with Crippen molar-refractivity contribution in [1.29, 1.82) is 0 Å². The molecule has 0 radical (unpaired) electrons. The maximum absolute atomic E-state index is 7.08. The van der Waals surface area contributed by atoms with Crippen LogP contribution in [0.15, 0.2) is 0 Å². The van der Waals surface area contributed by atoms with Gasteiger partial charge in [-0.15, -0.1) is 23.5 Å². The van der Waals surface area contributed by atoms with Crippen LogP contribution in [0.1, 0.15) is 97.5 Å². The fourth-order valence-corrected chi connectivity index (χ4v) is 8.96. The first-order valence-corrected chi connectivity index (χ1v) is 17.5. The zero-order valence-electron chi connectivity index (χ0n) is 24.4. The van der Waals surface area contributed by atoms with Crippen LogP contribution in [0.25, 0.3) is 0 Å². The number of hydrogen-bond acceptors (Lipinski definition) is 10. The molecule has 7 nitrogen and oxygen atoms in total. The molecule has 0 bridgehead atoms. The van der Waals surface area contributed by atoms with Gasteiger partial charge in [-0.25, -0.2) is 4.98 Å². The van der Waals surface area contributed by atoms with Crippen molar-refractivity contribution in [2.24, 2.45) is 5.73 Å². The second-order valence-electron chi connectivity index (χ2n) is 9.85. The van der Waals surface area contributed by atoms with Gasteiger partial charge >= 0.3 is 0 Å². The van der Waals surface area contributed by atoms with Crippen molar-refractivity contribution in [3.05, 3.63) is 4.88 Å². The Morgan fingerprint density at radius 3 is 2.24 bits per heavy atom. The van der Waals surface area contributed by atoms with Gasteiger partial charge in [-0.1, -0.05) is 78.6 Å². The number of anilines is 2. The monoisotopic (exact) mass is 573 g/mol. The third-order valence-corrected chi connectivity index (χ3v) is 11.2. The van der Waals surface area contributed by atoms with E-state index >= 15 is 0 Å². The highest BCUT2D eigenvalue weighted by atomic mass is 32.2. The van der Waals surface area contributed by atoms with Crippen LogP contribution >= 0.6 is 34.9 Å². The number of nitrogens with two attached hydrogens (primary N) is 2. The van der Waals surface area contributed by atoms with Crippen molar-refractivity contribution in [1.82, 2.24) is 19.7 Å². The Kier molecular flexibility index (Phi) is 15.6. The van der Waals surface area contributed by atoms with Crippen molar-refractivity contribution in [2.45, 2.75) is 103 Å². The van der Waals surface area contributed by atoms with Crippen molar-refractivity contribution < 1.29 is 0 Å². The summed E-state index contributed by atoms with van der Waals surface area (Å²) in [6.07, 6.45) is 8.33. The van der Waals surface area contributed by atoms with E-state index in [9.17, 15) is 0 Å². The van der Waals surface area contributed by atoms with Crippen LogP contribution in [0, 0.1) is 0 Å². The lowest BCUT2D eigenvalue weighted by molar-refractivity contribution is 0.0856. The SMILES string of the molecule is CCCCCSC(CC1(SCCCCC)Nc2nc(N)sc2C(N)N1CCN(CC)CC)N(CC)CC. The molecule has 10 heteroatoms. The van der Waals surface area contributed by atoms with Gasteiger partial charge in [0.05, 0.1) is 16.4 Å². The van der Waals surface area contributed by atoms with E-state index < -0.39 is 0 Å². The molecule has 2 rings (SSSR count). The van der Waals surface area contributed by atoms with Crippen LogP contribution in [-0.2, 0) is 0 Å². The van der Waals surface area contributed by atoms with E-state index in [-0.39, 0.29) is 11.2 Å². The minimum atomic E-state index is -0.321. The van der Waals surface area contributed by atoms with Gasteiger partial charge in [0.25, 0.3) is 0 Å². The number of thiazole rings is 1. The number of unbranched alkanes of at least 4 members (excludes halogenated alkanes) is 4. The number of hydrogen-bond donors (Lipinski definition) is 3. The first-order chi connectivity index (χ1) is 17.9. The lowest BCUT2D eigenvalue weighted by atomic mass is 10.1. The second kappa shape index (κ2) is 17.5. The summed E-state index contributed by atoms with van der Waals surface area (Å²) < 4.78 is 0. The zero-order valence-corrected chi connectivity index (χ0v) is 26.9. The summed E-state index contributed by atoms with van der Waals surface area (Å²) in [4.78, 5) is 13.1. The van der Waals surface area contributed by atoms with Gasteiger partial charge in [0, 0.05) is 19.5 Å². The van der Waals surface area contributed by atoms with Gasteiger partial charge < -0.3 is 21.7 Å². The standard InChI is InChI=1S/C27H55N7S3/c1-7-13-15-19-35-22(33(11-5)12-6)21-27(36-20-16-14-8-2)31-25-23(37-26(29)30-25)24(28)34(27)18-17-32(9-3)10-4/h22,24,31H,7-21,28H2,1-6H3,(H2,29,30). The highest BCUT2D eigenvalue weighted by Crippen LogP contribution is 2.48. The van der Waals surface area contributed by atoms with Gasteiger partial charge in [-0.2, -0.15) is 0 Å². The van der Waals surface area contributed by atoms with Crippen LogP contribution in [-0.4, -0.2) is 80.8 Å². The number of aromatic nitrogens is 1. The summed E-state index contributed by atoms with van der Waals surface area (Å²) in [5, 5.41) is 4.96. The topological polar surface area (TPSA) is 86.7 Å². The molecule has 216 valence electrons. The van der Waals surface area contributed by atoms with Gasteiger partial charge in [-0.3, -0.25) is 9.80 Å². The van der Waals surface area contributed by atoms with Crippen LogP contribution in [0.5, 0.6) is 0 Å². The molecule has 2 heterocycles. The average molecular weight is 574 g/mol. The summed E-state index contributed by atoms with van der Waals surface area (Å²) in [6.45, 7) is 19.8. The molecule has 0 saturated carbocycles. The van der Waals surface area contributed by atoms with Gasteiger partial charge in [0.1, 0.15) is 10.8 Å². The minimum absolute atomic E-state index is 0.206. The first kappa shape index (κ1) is 33.0. The average Bonchev–Trinajstić information content (AvgIpc) is 3.27. The molecule has 0 fully saturated rings. The predicted molar refractivity (Wildman–Crippen MR) is 170 cm³/mol. The minimum Gasteiger partial charge on any atom is -0.375 e. The fraction of sp³-hybridized carbons (Fsp3) is 0.889. The normalized spacial score (nSPS) is 20.9. The lowest BCUT2D eigenvalue weighted by Gasteiger charge is -2.52. The zero-order chi connectivity index (χ0) is 27.3. The number of nitrogens with one attached hydrogen (secondary N) is 1. The van der Waals surface area contributed by atoms with E-state index in [1.165, 1.54) is 55.6 Å². The Morgan fingerprint density at radius 1 is 1.00 bits per heavy atom. The number of likely N-dealkylation sites (N-methyl/N-ethyl adjacent to an activating group) is 1. The number of thioether (sulfide) groups is 2. The number of rotatable bonds is 20. The first-order valence-electron chi connectivity index (χ1n) is 14.7. The summed E-state index contributed by atoms with van der Waals surface area (Å²) >= 11 is 5.71. The maximum Gasteiger partial charge on any atom is 0.182 e. The van der Waals surface area contributed by atoms with E-state index in [0.717, 1.165) is 62.1 Å². The van der Waals surface area contributed by atoms with Crippen LogP contribution in [0.2, 0.25) is 0 Å². The lowest BCUT2D eigenvalue weighted by Crippen LogP contribution is -2.61. The molecule has 1 aromatic rings. The third-order valence-electron chi connectivity index (χ3n) is 7.42. The van der Waals surface area contributed by atoms with Crippen molar-refractivity contribution in [2.75, 3.05) is 61.8 Å². The van der Waals surface area contributed by atoms with Crippen molar-refractivity contribution in [3.8, 4) is 0 Å². The second-order valence-corrected chi connectivity index (χ2v) is 13.6. The van der Waals surface area contributed by atoms with Crippen LogP contribution < -0.4 is 16.8 Å². The van der Waals surface area contributed by atoms with Gasteiger partial charge in [0.2, 0.25) is 0 Å². The number of nitrogens with zero attached hydrogens (tertiary/aromatic N) is 4. The smallest absolute Gasteiger partial charge is 0.182 e. The maximum atomic E-state index is 7.08. The van der Waals surface area contributed by atoms with Crippen molar-refractivity contribution in [3.63, 3.8) is 0 Å². The van der Waals surface area contributed by atoms with E-state index in [4.69, 9.17) is 16.5 Å². The molecule has 3 atom stereocenters. The molecule has 1 aromatic heterocycles. The summed E-state index contributed by atoms with van der Waals surface area (Å²) in [7, 11) is 0. The fourth-order valence-electron chi connectivity index (χ4n) is 5.04. The van der Waals surface area contributed by atoms with Gasteiger partial charge in [0.15, 0.2) is 5.13 Å². The van der Waals surface area contributed by atoms with Crippen LogP contribution in [0.3, 0.4) is 0 Å². The molecule has 1 aliphatic rings. The van der Waals surface area contributed by atoms with E-state index in [1.807, 2.05) is 11.8 Å². The number of nitrogen functional groups attached to an aromatic ring is 1. The molecule has 0 aliphatic carbocycles. The summed E-state index contributed by atoms with van der Waals surface area (Å²) in [6, 6.07) is 0. The van der Waals surface area contributed by atoms with E-state index in [2.05, 4.69) is 73.3 Å². The highest BCUT2D eigenvalue weighted by molar-refractivity contribution is 8.01. The highest BCUT2D eigenvalue weighted by Gasteiger charge is 2.48. The Bertz CT molecular complexity index is 742. The van der Waals surface area contributed by atoms with E-state index in [1.54, 1.807) is 0 Å². The molecule has 1 aliphatic heterocycles. The molecule has 0 spiro atoms. The number of fused-ring (bicyclic) bond motifs is 1. The van der Waals surface area contributed by atoms with Gasteiger partial charge in [-0.05, 0) is 50.5 Å². The predicted octanol–water partition coefficient (Wildman–Crippen LogP) is 6.31. The Morgan fingerprint density at radius 2 is 1.65 bits per heavy atom. The molecular weight excluding hydrogens is 519 g/mol. The summed E-state index contributed by atoms with van der Waals surface area (Å²) in [5.41, 5.74) is 13.3. The quantitative estimate of drug-likeness (QED) is 0.123. The molecule has 5 N–H and O–H groups in total. The van der Waals surface area contributed by atoms with Crippen LogP contribution in [0.4, 0.5) is 10.9 Å². The molecule has 0 saturated heterocycles. The molecule has 3 unspecified atom stereocenters. The third kappa shape index (κ3) is 9.43. The Labute approximate surface area is 240 Å². The summed E-state index contributed by atoms with van der Waals surface area (Å²) in [5.74, 6) is 3.20. The molecular formula is C27H55N7S3. The Balaban J connectivity index is 2.46. The van der Waals surface area contributed by atoms with Crippen molar-refractivity contribution >= 4 is 45.8 Å². The molecule has 0 amide bonds. The molecule has 37 heavy (non-hydrogen) atoms. The molecule has 0 aromatic carbocycles. The van der Waals surface area contributed by atoms with E-state index in [0.29, 0.717) is 10.5 Å². The Hall–Kier alpha value is -0.230.